The molecule has 5 heteroatoms. The first kappa shape index (κ1) is 24.4. The van der Waals surface area contributed by atoms with Crippen molar-refractivity contribution in [2.24, 2.45) is 0 Å². The molecule has 2 aromatic carbocycles. The fraction of sp³-hybridized carbons (Fsp3) is 0.269. The highest BCUT2D eigenvalue weighted by Crippen LogP contribution is 2.35. The zero-order chi connectivity index (χ0) is 21.3. The van der Waals surface area contributed by atoms with Crippen molar-refractivity contribution < 1.29 is 9.84 Å². The Hall–Kier alpha value is -2.82. The Morgan fingerprint density at radius 1 is 0.903 bits per heavy atom. The molecule has 0 saturated heterocycles. The molecule has 0 aliphatic heterocycles. The molecule has 0 spiro atoms. The maximum Gasteiger partial charge on any atom is 0.213 e. The van der Waals surface area contributed by atoms with E-state index < -0.39 is 0 Å². The molecule has 4 nitrogen and oxygen atoms in total. The van der Waals surface area contributed by atoms with E-state index in [9.17, 15) is 5.11 Å². The fourth-order valence-electron chi connectivity index (χ4n) is 3.48. The van der Waals surface area contributed by atoms with E-state index in [0.717, 1.165) is 36.1 Å². The first-order chi connectivity index (χ1) is 14.6. The van der Waals surface area contributed by atoms with Crippen molar-refractivity contribution in [3.63, 3.8) is 0 Å². The Balaban J connectivity index is 0.00000341. The van der Waals surface area contributed by atoms with Gasteiger partial charge in [-0.15, -0.1) is 12.4 Å². The number of allylic oxidation sites excluding steroid dienone is 1. The summed E-state index contributed by atoms with van der Waals surface area (Å²) in [6, 6.07) is 21.8. The first-order valence-corrected chi connectivity index (χ1v) is 10.4. The number of ether oxygens (including phenoxy) is 1. The van der Waals surface area contributed by atoms with Crippen LogP contribution in [0.2, 0.25) is 0 Å². The average Bonchev–Trinajstić information content (AvgIpc) is 2.77. The highest BCUT2D eigenvalue weighted by atomic mass is 35.5. The van der Waals surface area contributed by atoms with Crippen molar-refractivity contribution >= 4 is 23.6 Å². The van der Waals surface area contributed by atoms with Crippen LogP contribution in [0, 0.1) is 0 Å². The molecule has 3 aromatic rings. The number of hydrogen-bond donors (Lipinski definition) is 1. The van der Waals surface area contributed by atoms with Gasteiger partial charge in [0, 0.05) is 24.4 Å². The van der Waals surface area contributed by atoms with Crippen LogP contribution in [0.4, 0.5) is 0 Å². The molecule has 0 aliphatic rings. The first-order valence-electron chi connectivity index (χ1n) is 10.4. The smallest absolute Gasteiger partial charge is 0.213 e. The molecule has 0 atom stereocenters. The second-order valence-electron chi connectivity index (χ2n) is 7.51. The predicted molar refractivity (Wildman–Crippen MR) is 131 cm³/mol. The van der Waals surface area contributed by atoms with Crippen LogP contribution in [0.25, 0.3) is 11.1 Å². The van der Waals surface area contributed by atoms with Crippen LogP contribution in [0.5, 0.6) is 11.6 Å². The standard InChI is InChI=1S/C26H30N2O2.ClH/c1-4-24(20-9-6-5-7-10-20)26(21-11-14-23(29)15-12-21)22-13-16-25(27-19-22)30-18-8-17-28(2)3;/h5-7,9-16,19,29H,4,8,17-18H2,1-3H3;1H/b26-24-;. The Labute approximate surface area is 191 Å². The summed E-state index contributed by atoms with van der Waals surface area (Å²) >= 11 is 0. The van der Waals surface area contributed by atoms with Gasteiger partial charge in [0.05, 0.1) is 6.61 Å². The third kappa shape index (κ3) is 6.84. The van der Waals surface area contributed by atoms with Gasteiger partial charge in [-0.1, -0.05) is 49.4 Å². The largest absolute Gasteiger partial charge is 0.508 e. The molecule has 0 bridgehead atoms. The molecule has 0 aliphatic carbocycles. The third-order valence-corrected chi connectivity index (χ3v) is 4.96. The second kappa shape index (κ2) is 12.1. The Morgan fingerprint density at radius 2 is 1.58 bits per heavy atom. The van der Waals surface area contributed by atoms with Crippen molar-refractivity contribution in [2.45, 2.75) is 19.8 Å². The van der Waals surface area contributed by atoms with Crippen LogP contribution in [0.15, 0.2) is 72.9 Å². The van der Waals surface area contributed by atoms with Gasteiger partial charge in [0.2, 0.25) is 5.88 Å². The Morgan fingerprint density at radius 3 is 2.16 bits per heavy atom. The zero-order valence-corrected chi connectivity index (χ0v) is 19.2. The number of aromatic hydroxyl groups is 1. The Bertz CT molecular complexity index is 953. The van der Waals surface area contributed by atoms with E-state index in [1.807, 2.05) is 30.5 Å². The molecule has 0 amide bonds. The van der Waals surface area contributed by atoms with Gasteiger partial charge in [0.25, 0.3) is 0 Å². The summed E-state index contributed by atoms with van der Waals surface area (Å²) in [4.78, 5) is 6.69. The minimum Gasteiger partial charge on any atom is -0.508 e. The molecule has 0 unspecified atom stereocenters. The zero-order valence-electron chi connectivity index (χ0n) is 18.4. The summed E-state index contributed by atoms with van der Waals surface area (Å²) in [7, 11) is 4.12. The maximum absolute atomic E-state index is 9.75. The molecular formula is C26H31ClN2O2. The second-order valence-corrected chi connectivity index (χ2v) is 7.51. The number of benzene rings is 2. The lowest BCUT2D eigenvalue weighted by molar-refractivity contribution is 0.273. The molecule has 1 heterocycles. The van der Waals surface area contributed by atoms with Gasteiger partial charge in [-0.05, 0) is 67.4 Å². The van der Waals surface area contributed by atoms with Crippen LogP contribution in [-0.2, 0) is 0 Å². The van der Waals surface area contributed by atoms with Gasteiger partial charge >= 0.3 is 0 Å². The molecule has 1 N–H and O–H groups in total. The van der Waals surface area contributed by atoms with Crippen LogP contribution in [-0.4, -0.2) is 42.2 Å². The van der Waals surface area contributed by atoms with Crippen LogP contribution in [0.1, 0.15) is 36.5 Å². The number of aromatic nitrogens is 1. The van der Waals surface area contributed by atoms with Crippen molar-refractivity contribution in [1.29, 1.82) is 0 Å². The summed E-state index contributed by atoms with van der Waals surface area (Å²) in [5.74, 6) is 0.899. The molecule has 1 aromatic heterocycles. The minimum absolute atomic E-state index is 0. The van der Waals surface area contributed by atoms with E-state index in [2.05, 4.69) is 61.2 Å². The van der Waals surface area contributed by atoms with Gasteiger partial charge < -0.3 is 14.7 Å². The van der Waals surface area contributed by atoms with Gasteiger partial charge in [0.15, 0.2) is 0 Å². The predicted octanol–water partition coefficient (Wildman–Crippen LogP) is 5.91. The lowest BCUT2D eigenvalue weighted by Crippen LogP contribution is -2.15. The number of phenolic OH excluding ortho intramolecular Hbond substituents is 1. The topological polar surface area (TPSA) is 45.6 Å². The maximum atomic E-state index is 9.75. The average molecular weight is 439 g/mol. The molecule has 0 radical (unpaired) electrons. The van der Waals surface area contributed by atoms with Crippen LogP contribution in [0.3, 0.4) is 0 Å². The SMILES string of the molecule is CC/C(=C(\c1ccc(O)cc1)c1ccc(OCCCN(C)C)nc1)c1ccccc1.Cl. The van der Waals surface area contributed by atoms with E-state index in [4.69, 9.17) is 4.74 Å². The summed E-state index contributed by atoms with van der Waals surface area (Å²) in [6.07, 6.45) is 3.72. The van der Waals surface area contributed by atoms with E-state index >= 15 is 0 Å². The molecule has 164 valence electrons. The van der Waals surface area contributed by atoms with Crippen molar-refractivity contribution in [3.8, 4) is 11.6 Å². The Kier molecular flexibility index (Phi) is 9.57. The molecule has 0 saturated carbocycles. The number of nitrogens with zero attached hydrogens (tertiary/aromatic N) is 2. The van der Waals surface area contributed by atoms with Crippen LogP contribution < -0.4 is 4.74 Å². The molecule has 31 heavy (non-hydrogen) atoms. The fourth-order valence-corrected chi connectivity index (χ4v) is 3.48. The number of halogens is 1. The lowest BCUT2D eigenvalue weighted by atomic mass is 9.89. The van der Waals surface area contributed by atoms with E-state index in [-0.39, 0.29) is 18.2 Å². The summed E-state index contributed by atoms with van der Waals surface area (Å²) in [5.41, 5.74) is 5.63. The van der Waals surface area contributed by atoms with E-state index in [1.54, 1.807) is 12.1 Å². The monoisotopic (exact) mass is 438 g/mol. The van der Waals surface area contributed by atoms with Crippen molar-refractivity contribution in [2.75, 3.05) is 27.2 Å². The number of phenols is 1. The van der Waals surface area contributed by atoms with Crippen molar-refractivity contribution in [3.05, 3.63) is 89.6 Å². The van der Waals surface area contributed by atoms with E-state index in [0.29, 0.717) is 12.5 Å². The summed E-state index contributed by atoms with van der Waals surface area (Å²) < 4.78 is 5.80. The number of rotatable bonds is 9. The minimum atomic E-state index is 0. The normalized spacial score (nSPS) is 11.6. The third-order valence-electron chi connectivity index (χ3n) is 4.96. The molecule has 0 fully saturated rings. The van der Waals surface area contributed by atoms with Crippen LogP contribution >= 0.6 is 12.4 Å². The highest BCUT2D eigenvalue weighted by molar-refractivity contribution is 5.98. The summed E-state index contributed by atoms with van der Waals surface area (Å²) in [5, 5.41) is 9.75. The quantitative estimate of drug-likeness (QED) is 0.333. The van der Waals surface area contributed by atoms with Crippen molar-refractivity contribution in [1.82, 2.24) is 9.88 Å². The number of hydrogen-bond acceptors (Lipinski definition) is 4. The van der Waals surface area contributed by atoms with E-state index in [1.165, 1.54) is 11.1 Å². The van der Waals surface area contributed by atoms with Gasteiger partial charge in [-0.2, -0.15) is 0 Å². The summed E-state index contributed by atoms with van der Waals surface area (Å²) in [6.45, 7) is 3.80. The van der Waals surface area contributed by atoms with Gasteiger partial charge in [-0.25, -0.2) is 4.98 Å². The highest BCUT2D eigenvalue weighted by Gasteiger charge is 2.14. The lowest BCUT2D eigenvalue weighted by Gasteiger charge is -2.16. The number of pyridine rings is 1. The van der Waals surface area contributed by atoms with Gasteiger partial charge in [-0.3, -0.25) is 0 Å². The molecular weight excluding hydrogens is 408 g/mol. The van der Waals surface area contributed by atoms with Gasteiger partial charge in [0.1, 0.15) is 5.75 Å². The molecule has 3 rings (SSSR count).